The van der Waals surface area contributed by atoms with Crippen molar-refractivity contribution < 1.29 is 8.42 Å². The van der Waals surface area contributed by atoms with Crippen LogP contribution in [0.15, 0.2) is 23.1 Å². The number of halogens is 1. The van der Waals surface area contributed by atoms with Gasteiger partial charge in [0.05, 0.1) is 4.90 Å². The molecule has 3 nitrogen and oxygen atoms in total. The van der Waals surface area contributed by atoms with Crippen LogP contribution >= 0.6 is 22.6 Å². The van der Waals surface area contributed by atoms with Gasteiger partial charge in [0, 0.05) is 9.11 Å². The van der Waals surface area contributed by atoms with E-state index in [1.165, 1.54) is 0 Å². The lowest BCUT2D eigenvalue weighted by Crippen LogP contribution is -2.41. The highest BCUT2D eigenvalue weighted by Gasteiger charge is 2.28. The van der Waals surface area contributed by atoms with Crippen molar-refractivity contribution in [2.24, 2.45) is 0 Å². The molecule has 0 saturated carbocycles. The largest absolute Gasteiger partial charge is 0.241 e. The molecule has 1 N–H and O–H groups in total. The molecule has 0 fully saturated rings. The van der Waals surface area contributed by atoms with Crippen molar-refractivity contribution in [2.75, 3.05) is 0 Å². The van der Waals surface area contributed by atoms with Crippen LogP contribution in [0, 0.1) is 3.57 Å². The van der Waals surface area contributed by atoms with Gasteiger partial charge in [-0.2, -0.15) is 0 Å². The van der Waals surface area contributed by atoms with Gasteiger partial charge in [0.15, 0.2) is 0 Å². The molecule has 0 aliphatic carbocycles. The third-order valence-electron chi connectivity index (χ3n) is 2.48. The summed E-state index contributed by atoms with van der Waals surface area (Å²) in [6.07, 6.45) is 0. The van der Waals surface area contributed by atoms with Crippen molar-refractivity contribution in [3.8, 4) is 0 Å². The second-order valence-corrected chi connectivity index (χ2v) is 9.64. The summed E-state index contributed by atoms with van der Waals surface area (Å²) in [5, 5.41) is 0. The van der Waals surface area contributed by atoms with Crippen LogP contribution in [-0.2, 0) is 15.4 Å². The third-order valence-corrected chi connectivity index (χ3v) is 4.97. The van der Waals surface area contributed by atoms with E-state index in [-0.39, 0.29) is 5.41 Å². The lowest BCUT2D eigenvalue weighted by atomic mass is 9.87. The van der Waals surface area contributed by atoms with Gasteiger partial charge < -0.3 is 0 Å². The molecule has 0 aromatic heterocycles. The normalized spacial score (nSPS) is 13.6. The molecule has 19 heavy (non-hydrogen) atoms. The molecule has 1 aromatic carbocycles. The maximum Gasteiger partial charge on any atom is 0.241 e. The molecular formula is C14H22INO2S. The van der Waals surface area contributed by atoms with Crippen LogP contribution in [0.1, 0.15) is 47.1 Å². The minimum Gasteiger partial charge on any atom is -0.207 e. The van der Waals surface area contributed by atoms with E-state index in [4.69, 9.17) is 0 Å². The molecule has 0 amide bonds. The fraction of sp³-hybridized carbons (Fsp3) is 0.571. The van der Waals surface area contributed by atoms with Crippen LogP contribution in [0.4, 0.5) is 0 Å². The Morgan fingerprint density at radius 3 is 2.00 bits per heavy atom. The summed E-state index contributed by atoms with van der Waals surface area (Å²) < 4.78 is 28.8. The molecule has 0 saturated heterocycles. The quantitative estimate of drug-likeness (QED) is 0.777. The minimum atomic E-state index is -3.50. The van der Waals surface area contributed by atoms with Gasteiger partial charge in [-0.15, -0.1) is 0 Å². The molecular weight excluding hydrogens is 373 g/mol. The first-order valence-corrected chi connectivity index (χ1v) is 8.73. The highest BCUT2D eigenvalue weighted by atomic mass is 127. The Morgan fingerprint density at radius 1 is 1.05 bits per heavy atom. The second-order valence-electron chi connectivity index (χ2n) is 6.75. The first-order chi connectivity index (χ1) is 8.33. The number of nitrogens with one attached hydrogen (secondary N) is 1. The number of hydrogen-bond donors (Lipinski definition) is 1. The van der Waals surface area contributed by atoms with E-state index < -0.39 is 15.6 Å². The van der Waals surface area contributed by atoms with Crippen molar-refractivity contribution in [2.45, 2.75) is 57.4 Å². The molecule has 0 radical (unpaired) electrons. The first-order valence-electron chi connectivity index (χ1n) is 6.17. The Morgan fingerprint density at radius 2 is 1.58 bits per heavy atom. The molecule has 0 unspecified atom stereocenters. The van der Waals surface area contributed by atoms with Crippen molar-refractivity contribution in [1.82, 2.24) is 4.72 Å². The average Bonchev–Trinajstić information content (AvgIpc) is 2.11. The first kappa shape index (κ1) is 16.9. The molecule has 1 rings (SSSR count). The average molecular weight is 395 g/mol. The van der Waals surface area contributed by atoms with E-state index in [1.54, 1.807) is 6.07 Å². The Bertz CT molecular complexity index is 566. The monoisotopic (exact) mass is 395 g/mol. The summed E-state index contributed by atoms with van der Waals surface area (Å²) >= 11 is 2.20. The van der Waals surface area contributed by atoms with E-state index >= 15 is 0 Å². The topological polar surface area (TPSA) is 46.2 Å². The molecule has 108 valence electrons. The number of rotatable bonds is 2. The summed E-state index contributed by atoms with van der Waals surface area (Å²) in [5.41, 5.74) is 0.135. The van der Waals surface area contributed by atoms with E-state index in [9.17, 15) is 8.42 Å². The summed E-state index contributed by atoms with van der Waals surface area (Å²) in [4.78, 5) is 0.371. The van der Waals surface area contributed by atoms with Gasteiger partial charge in [-0.05, 0) is 72.5 Å². The number of hydrogen-bond acceptors (Lipinski definition) is 2. The van der Waals surface area contributed by atoms with Gasteiger partial charge in [-0.25, -0.2) is 13.1 Å². The zero-order valence-electron chi connectivity index (χ0n) is 12.3. The van der Waals surface area contributed by atoms with E-state index in [0.29, 0.717) is 4.90 Å². The van der Waals surface area contributed by atoms with Crippen LogP contribution in [-0.4, -0.2) is 14.0 Å². The Kier molecular flexibility index (Phi) is 4.75. The van der Waals surface area contributed by atoms with Crippen LogP contribution in [0.25, 0.3) is 0 Å². The fourth-order valence-corrected chi connectivity index (χ4v) is 4.09. The summed E-state index contributed by atoms with van der Waals surface area (Å²) in [5.74, 6) is 0. The smallest absolute Gasteiger partial charge is 0.207 e. The zero-order chi connectivity index (χ0) is 15.1. The molecule has 0 heterocycles. The van der Waals surface area contributed by atoms with Crippen LogP contribution in [0.5, 0.6) is 0 Å². The fourth-order valence-electron chi connectivity index (χ4n) is 1.78. The van der Waals surface area contributed by atoms with Gasteiger partial charge in [0.25, 0.3) is 0 Å². The highest BCUT2D eigenvalue weighted by Crippen LogP contribution is 2.30. The van der Waals surface area contributed by atoms with Crippen molar-refractivity contribution in [1.29, 1.82) is 0 Å². The molecule has 0 aliphatic rings. The molecule has 0 aliphatic heterocycles. The number of sulfonamides is 1. The minimum absolute atomic E-state index is 0.219. The highest BCUT2D eigenvalue weighted by molar-refractivity contribution is 14.1. The van der Waals surface area contributed by atoms with Crippen LogP contribution in [0.3, 0.4) is 0 Å². The van der Waals surface area contributed by atoms with Crippen LogP contribution in [0.2, 0.25) is 0 Å². The predicted molar refractivity (Wildman–Crippen MR) is 87.9 cm³/mol. The standard InChI is InChI=1S/C14H22INO2S/c1-13(2,3)11-9-10(15)7-8-12(11)19(17,18)16-14(4,5)6/h7-9,16H,1-6H3. The second kappa shape index (κ2) is 5.33. The van der Waals surface area contributed by atoms with E-state index in [1.807, 2.05) is 53.7 Å². The molecule has 5 heteroatoms. The predicted octanol–water partition coefficient (Wildman–Crippen LogP) is 3.67. The third kappa shape index (κ3) is 4.72. The molecule has 0 atom stereocenters. The van der Waals surface area contributed by atoms with Crippen LogP contribution < -0.4 is 4.72 Å². The Labute approximate surface area is 130 Å². The van der Waals surface area contributed by atoms with Crippen molar-refractivity contribution in [3.05, 3.63) is 27.3 Å². The summed E-state index contributed by atoms with van der Waals surface area (Å²) in [7, 11) is -3.50. The van der Waals surface area contributed by atoms with Gasteiger partial charge >= 0.3 is 0 Å². The number of benzene rings is 1. The Balaban J connectivity index is 3.44. The summed E-state index contributed by atoms with van der Waals surface area (Å²) in [6.45, 7) is 11.6. The molecule has 0 spiro atoms. The summed E-state index contributed by atoms with van der Waals surface area (Å²) in [6, 6.07) is 5.46. The van der Waals surface area contributed by atoms with Crippen molar-refractivity contribution in [3.63, 3.8) is 0 Å². The van der Waals surface area contributed by atoms with Gasteiger partial charge in [-0.3, -0.25) is 0 Å². The Hall–Kier alpha value is -0.140. The maximum atomic E-state index is 12.5. The van der Waals surface area contributed by atoms with Crippen molar-refractivity contribution >= 4 is 32.6 Å². The molecule has 1 aromatic rings. The zero-order valence-corrected chi connectivity index (χ0v) is 15.3. The van der Waals surface area contributed by atoms with Gasteiger partial charge in [0.2, 0.25) is 10.0 Å². The SMILES string of the molecule is CC(C)(C)NS(=O)(=O)c1ccc(I)cc1C(C)(C)C. The van der Waals surface area contributed by atoms with E-state index in [0.717, 1.165) is 9.13 Å². The van der Waals surface area contributed by atoms with Gasteiger partial charge in [0.1, 0.15) is 0 Å². The molecule has 0 bridgehead atoms. The lowest BCUT2D eigenvalue weighted by molar-refractivity contribution is 0.487. The van der Waals surface area contributed by atoms with Gasteiger partial charge in [-0.1, -0.05) is 20.8 Å². The maximum absolute atomic E-state index is 12.5. The lowest BCUT2D eigenvalue weighted by Gasteiger charge is -2.26. The van der Waals surface area contributed by atoms with E-state index in [2.05, 4.69) is 27.3 Å².